The molecule has 8 rings (SSSR count). The maximum absolute atomic E-state index is 13.4. The fraction of sp³-hybridized carbons (Fsp3) is 0.447. The highest BCUT2D eigenvalue weighted by molar-refractivity contribution is 6.04. The molecule has 52 heavy (non-hydrogen) atoms. The minimum Gasteiger partial charge on any atom is -0.494 e. The lowest BCUT2D eigenvalue weighted by atomic mass is 9.84. The highest BCUT2D eigenvalue weighted by Gasteiger charge is 2.33. The van der Waals surface area contributed by atoms with E-state index < -0.39 is 17.9 Å². The highest BCUT2D eigenvalue weighted by atomic mass is 16.5. The van der Waals surface area contributed by atoms with Crippen LogP contribution >= 0.6 is 0 Å². The smallest absolute Gasteiger partial charge is 0.329 e. The summed E-state index contributed by atoms with van der Waals surface area (Å²) in [6.45, 7) is 3.09. The SMILES string of the molecule is COc1cc2nn(C3CCC(CN4CCC(c5cccc6c5n(C)c(=O)n6C5CCC(=O)NC5=O)CC4)CC3)cc2cc1NC(=O)c1ncccn1. The van der Waals surface area contributed by atoms with Gasteiger partial charge in [-0.05, 0) is 93.6 Å². The number of aromatic nitrogens is 6. The number of carbonyl (C=O) groups is 3. The summed E-state index contributed by atoms with van der Waals surface area (Å²) in [4.78, 5) is 61.3. The average molecular weight is 706 g/mol. The fourth-order valence-corrected chi connectivity index (χ4v) is 8.53. The Hall–Kier alpha value is -5.37. The van der Waals surface area contributed by atoms with Crippen molar-refractivity contribution in [2.75, 3.05) is 32.1 Å². The Kier molecular flexibility index (Phi) is 9.08. The molecule has 2 aromatic carbocycles. The number of imidazole rings is 1. The van der Waals surface area contributed by atoms with Crippen molar-refractivity contribution >= 4 is 45.3 Å². The molecule has 3 fully saturated rings. The zero-order chi connectivity index (χ0) is 35.9. The van der Waals surface area contributed by atoms with Crippen molar-refractivity contribution in [1.82, 2.24) is 39.1 Å². The average Bonchev–Trinajstić information content (AvgIpc) is 3.69. The molecule has 1 unspecified atom stereocenters. The number of aryl methyl sites for hydroxylation is 1. The molecule has 14 heteroatoms. The zero-order valence-electron chi connectivity index (χ0n) is 29.5. The molecular weight excluding hydrogens is 662 g/mol. The Morgan fingerprint density at radius 2 is 1.75 bits per heavy atom. The quantitative estimate of drug-likeness (QED) is 0.224. The second-order valence-electron chi connectivity index (χ2n) is 14.4. The molecule has 0 bridgehead atoms. The van der Waals surface area contributed by atoms with E-state index in [0.717, 1.165) is 85.7 Å². The lowest BCUT2D eigenvalue weighted by Gasteiger charge is -2.37. The van der Waals surface area contributed by atoms with Crippen LogP contribution < -0.4 is 21.1 Å². The first-order valence-electron chi connectivity index (χ1n) is 18.2. The Morgan fingerprint density at radius 1 is 0.981 bits per heavy atom. The van der Waals surface area contributed by atoms with Crippen LogP contribution in [0.15, 0.2) is 59.8 Å². The van der Waals surface area contributed by atoms with Crippen molar-refractivity contribution in [2.45, 2.75) is 69.4 Å². The summed E-state index contributed by atoms with van der Waals surface area (Å²) in [5, 5.41) is 11.1. The van der Waals surface area contributed by atoms with Gasteiger partial charge in [0.2, 0.25) is 17.6 Å². The maximum Gasteiger partial charge on any atom is 0.329 e. The van der Waals surface area contributed by atoms with Crippen molar-refractivity contribution in [1.29, 1.82) is 0 Å². The third-order valence-electron chi connectivity index (χ3n) is 11.3. The number of nitrogens with one attached hydrogen (secondary N) is 2. The van der Waals surface area contributed by atoms with E-state index in [1.807, 2.05) is 24.3 Å². The van der Waals surface area contributed by atoms with Gasteiger partial charge in [-0.25, -0.2) is 14.8 Å². The minimum atomic E-state index is -0.680. The number of hydrogen-bond donors (Lipinski definition) is 2. The van der Waals surface area contributed by atoms with Crippen molar-refractivity contribution in [2.24, 2.45) is 13.0 Å². The summed E-state index contributed by atoms with van der Waals surface area (Å²) in [5.74, 6) is 0.473. The van der Waals surface area contributed by atoms with Crippen molar-refractivity contribution in [3.63, 3.8) is 0 Å². The fourth-order valence-electron chi connectivity index (χ4n) is 8.53. The van der Waals surface area contributed by atoms with E-state index in [9.17, 15) is 19.2 Å². The van der Waals surface area contributed by atoms with Gasteiger partial charge >= 0.3 is 5.69 Å². The molecule has 14 nitrogen and oxygen atoms in total. The van der Waals surface area contributed by atoms with Crippen LogP contribution in [0.3, 0.4) is 0 Å². The number of piperidine rings is 2. The number of fused-ring (bicyclic) bond motifs is 2. The molecule has 5 heterocycles. The second kappa shape index (κ2) is 14.0. The van der Waals surface area contributed by atoms with Crippen LogP contribution in [0.5, 0.6) is 5.75 Å². The third kappa shape index (κ3) is 6.35. The first kappa shape index (κ1) is 33.8. The van der Waals surface area contributed by atoms with Crippen LogP contribution in [-0.4, -0.2) is 78.2 Å². The number of benzene rings is 2. The number of anilines is 1. The van der Waals surface area contributed by atoms with E-state index in [-0.39, 0.29) is 23.8 Å². The molecule has 3 aliphatic rings. The molecule has 270 valence electrons. The van der Waals surface area contributed by atoms with Gasteiger partial charge in [0.05, 0.1) is 35.4 Å². The van der Waals surface area contributed by atoms with Crippen LogP contribution in [0.4, 0.5) is 5.69 Å². The molecule has 5 aromatic rings. The van der Waals surface area contributed by atoms with Crippen molar-refractivity contribution < 1.29 is 19.1 Å². The largest absolute Gasteiger partial charge is 0.494 e. The second-order valence-corrected chi connectivity index (χ2v) is 14.4. The van der Waals surface area contributed by atoms with Crippen LogP contribution in [0, 0.1) is 5.92 Å². The Labute approximate surface area is 300 Å². The van der Waals surface area contributed by atoms with Crippen molar-refractivity contribution in [3.05, 3.63) is 76.9 Å². The van der Waals surface area contributed by atoms with Crippen LogP contribution in [0.2, 0.25) is 0 Å². The number of methoxy groups -OCH3 is 1. The normalized spacial score (nSPS) is 21.8. The zero-order valence-corrected chi connectivity index (χ0v) is 29.5. The molecule has 0 radical (unpaired) electrons. The van der Waals surface area contributed by atoms with E-state index in [2.05, 4.69) is 42.4 Å². The summed E-state index contributed by atoms with van der Waals surface area (Å²) in [6.07, 6.45) is 12.1. The molecule has 2 saturated heterocycles. The summed E-state index contributed by atoms with van der Waals surface area (Å²) in [6, 6.07) is 11.1. The number of hydrogen-bond acceptors (Lipinski definition) is 9. The minimum absolute atomic E-state index is 0.0893. The molecular formula is C38H43N9O5. The van der Waals surface area contributed by atoms with Gasteiger partial charge in [0.1, 0.15) is 11.8 Å². The van der Waals surface area contributed by atoms with E-state index in [4.69, 9.17) is 9.84 Å². The maximum atomic E-state index is 13.4. The first-order valence-corrected chi connectivity index (χ1v) is 18.2. The summed E-state index contributed by atoms with van der Waals surface area (Å²) in [5.41, 5.74) is 3.95. The van der Waals surface area contributed by atoms with Crippen molar-refractivity contribution in [3.8, 4) is 5.75 Å². The van der Waals surface area contributed by atoms with Gasteiger partial charge in [-0.3, -0.25) is 33.5 Å². The van der Waals surface area contributed by atoms with E-state index in [1.54, 1.807) is 29.4 Å². The standard InChI is InChI=1S/C38H43N9O5/c1-44-34-27(5-3-6-30(34)47(38(44)51)31-11-12-33(48)42-36(31)49)24-13-17-45(18-14-24)21-23-7-9-26(10-8-23)46-22-25-19-29(32(52-2)20-28(25)43-46)41-37(50)35-39-15-4-16-40-35/h3-6,15-16,19-20,22-24,26,31H,7-14,17-18,21H2,1-2H3,(H,41,50)(H,42,48,49). The number of amides is 3. The van der Waals surface area contributed by atoms with Crippen LogP contribution in [0.25, 0.3) is 21.9 Å². The number of imide groups is 1. The number of rotatable bonds is 8. The molecule has 1 aliphatic carbocycles. The number of nitrogens with zero attached hydrogens (tertiary/aromatic N) is 7. The van der Waals surface area contributed by atoms with Gasteiger partial charge in [0, 0.05) is 50.1 Å². The van der Waals surface area contributed by atoms with Gasteiger partial charge in [-0.2, -0.15) is 5.10 Å². The number of carbonyl (C=O) groups excluding carboxylic acids is 3. The Balaban J connectivity index is 0.880. The monoisotopic (exact) mass is 705 g/mol. The van der Waals surface area contributed by atoms with Gasteiger partial charge in [0.25, 0.3) is 5.91 Å². The van der Waals surface area contributed by atoms with Gasteiger partial charge in [-0.1, -0.05) is 12.1 Å². The first-order chi connectivity index (χ1) is 25.3. The summed E-state index contributed by atoms with van der Waals surface area (Å²) < 4.78 is 10.9. The van der Waals surface area contributed by atoms with Crippen LogP contribution in [0.1, 0.15) is 85.6 Å². The molecule has 2 aliphatic heterocycles. The molecule has 3 aromatic heterocycles. The molecule has 1 atom stereocenters. The molecule has 0 spiro atoms. The molecule has 1 saturated carbocycles. The van der Waals surface area contributed by atoms with Crippen LogP contribution in [-0.2, 0) is 16.6 Å². The topological polar surface area (TPSA) is 158 Å². The lowest BCUT2D eigenvalue weighted by Crippen LogP contribution is -2.44. The van der Waals surface area contributed by atoms with E-state index >= 15 is 0 Å². The Morgan fingerprint density at radius 3 is 2.48 bits per heavy atom. The predicted molar refractivity (Wildman–Crippen MR) is 194 cm³/mol. The summed E-state index contributed by atoms with van der Waals surface area (Å²) >= 11 is 0. The Bertz CT molecular complexity index is 2210. The predicted octanol–water partition coefficient (Wildman–Crippen LogP) is 4.33. The highest BCUT2D eigenvalue weighted by Crippen LogP contribution is 2.38. The number of likely N-dealkylation sites (tertiary alicyclic amines) is 1. The molecule has 2 N–H and O–H groups in total. The van der Waals surface area contributed by atoms with Gasteiger partial charge in [0.15, 0.2) is 0 Å². The molecule has 3 amide bonds. The third-order valence-corrected chi connectivity index (χ3v) is 11.3. The van der Waals surface area contributed by atoms with Gasteiger partial charge < -0.3 is 15.0 Å². The number of ether oxygens (including phenoxy) is 1. The number of para-hydroxylation sites is 1. The van der Waals surface area contributed by atoms with Gasteiger partial charge in [-0.15, -0.1) is 0 Å². The van der Waals surface area contributed by atoms with E-state index in [1.165, 1.54) is 12.4 Å². The summed E-state index contributed by atoms with van der Waals surface area (Å²) in [7, 11) is 3.36. The van der Waals surface area contributed by atoms with E-state index in [0.29, 0.717) is 35.7 Å². The lowest BCUT2D eigenvalue weighted by molar-refractivity contribution is -0.135.